The fourth-order valence-corrected chi connectivity index (χ4v) is 0.268. The second-order valence-corrected chi connectivity index (χ2v) is 1.19. The van der Waals surface area contributed by atoms with Gasteiger partial charge in [0, 0.05) is 0 Å². The third kappa shape index (κ3) is 0.367. The van der Waals surface area contributed by atoms with Crippen molar-refractivity contribution in [3.8, 4) is 0 Å². The molecule has 2 N–H and O–H groups in total. The predicted molar refractivity (Wildman–Crippen MR) is 22.4 cm³/mol. The molecule has 34 valence electrons. The molecule has 0 saturated carbocycles. The smallest absolute Gasteiger partial charge is 0.0895 e. The lowest BCUT2D eigenvalue weighted by Crippen LogP contribution is -2.28. The van der Waals surface area contributed by atoms with Crippen molar-refractivity contribution in [3.05, 3.63) is 0 Å². The highest BCUT2D eigenvalue weighted by atomic mass is 16.5. The number of rotatable bonds is 0. The van der Waals surface area contributed by atoms with Gasteiger partial charge in [-0.25, -0.2) is 0 Å². The molecule has 0 atom stereocenters. The first-order valence-electron chi connectivity index (χ1n) is 1.77. The molecule has 0 aromatic carbocycles. The maximum absolute atomic E-state index is 4.84. The number of hydrazone groups is 1. The molecule has 1 rings (SSSR count). The summed E-state index contributed by atoms with van der Waals surface area (Å²) >= 11 is 0. The highest BCUT2D eigenvalue weighted by molar-refractivity contribution is 5.90. The quantitative estimate of drug-likeness (QED) is 0.314. The molecule has 3 nitrogen and oxygen atoms in total. The lowest BCUT2D eigenvalue weighted by molar-refractivity contribution is 0.159. The normalized spacial score (nSPS) is 19.7. The van der Waals surface area contributed by atoms with E-state index in [1.165, 1.54) is 0 Å². The fourth-order valence-electron chi connectivity index (χ4n) is 0.268. The van der Waals surface area contributed by atoms with Gasteiger partial charge >= 0.3 is 0 Å². The van der Waals surface area contributed by atoms with E-state index in [1.54, 1.807) is 0 Å². The molecule has 0 aromatic heterocycles. The maximum Gasteiger partial charge on any atom is 0.0895 e. The van der Waals surface area contributed by atoms with Crippen LogP contribution >= 0.6 is 0 Å². The van der Waals surface area contributed by atoms with Gasteiger partial charge in [0.1, 0.15) is 0 Å². The van der Waals surface area contributed by atoms with Gasteiger partial charge in [0.25, 0.3) is 0 Å². The molecule has 0 amide bonds. The number of ether oxygens (including phenoxy) is 1. The summed E-state index contributed by atoms with van der Waals surface area (Å²) in [6.45, 7) is 1.27. The molecule has 1 saturated heterocycles. The molecular weight excluding hydrogens is 80.0 g/mol. The van der Waals surface area contributed by atoms with Gasteiger partial charge in [-0.05, 0) is 0 Å². The average molecular weight is 86.1 g/mol. The second-order valence-electron chi connectivity index (χ2n) is 1.19. The summed E-state index contributed by atoms with van der Waals surface area (Å²) in [5.41, 5.74) is 0.954. The molecule has 0 spiro atoms. The minimum Gasteiger partial charge on any atom is -0.369 e. The van der Waals surface area contributed by atoms with Gasteiger partial charge < -0.3 is 10.6 Å². The summed E-state index contributed by atoms with van der Waals surface area (Å²) in [4.78, 5) is 0. The Morgan fingerprint density at radius 2 is 2.33 bits per heavy atom. The molecule has 0 bridgehead atoms. The van der Waals surface area contributed by atoms with Crippen molar-refractivity contribution in [2.45, 2.75) is 0 Å². The van der Waals surface area contributed by atoms with Crippen molar-refractivity contribution in [1.29, 1.82) is 0 Å². The Morgan fingerprint density at radius 1 is 1.67 bits per heavy atom. The van der Waals surface area contributed by atoms with E-state index in [4.69, 9.17) is 10.6 Å². The molecule has 1 aliphatic rings. The highest BCUT2D eigenvalue weighted by Gasteiger charge is 2.08. The van der Waals surface area contributed by atoms with Crippen LogP contribution in [0.2, 0.25) is 0 Å². The van der Waals surface area contributed by atoms with Gasteiger partial charge in [-0.3, -0.25) is 0 Å². The lowest BCUT2D eigenvalue weighted by atomic mass is 10.3. The van der Waals surface area contributed by atoms with Crippen molar-refractivity contribution in [2.75, 3.05) is 13.2 Å². The van der Waals surface area contributed by atoms with Gasteiger partial charge in [-0.1, -0.05) is 0 Å². The van der Waals surface area contributed by atoms with Crippen LogP contribution in [0.5, 0.6) is 0 Å². The van der Waals surface area contributed by atoms with Crippen LogP contribution in [0.1, 0.15) is 0 Å². The molecule has 3 heteroatoms. The summed E-state index contributed by atoms with van der Waals surface area (Å²) in [7, 11) is 0. The van der Waals surface area contributed by atoms with Gasteiger partial charge in [0.05, 0.1) is 18.9 Å². The van der Waals surface area contributed by atoms with Crippen LogP contribution in [0, 0.1) is 0 Å². The van der Waals surface area contributed by atoms with E-state index in [0.29, 0.717) is 13.2 Å². The maximum atomic E-state index is 4.84. The Labute approximate surface area is 35.8 Å². The molecule has 0 unspecified atom stereocenters. The van der Waals surface area contributed by atoms with Crippen LogP contribution < -0.4 is 5.84 Å². The summed E-state index contributed by atoms with van der Waals surface area (Å²) in [6.07, 6.45) is 0. The number of hydrogen-bond acceptors (Lipinski definition) is 3. The monoisotopic (exact) mass is 86.0 g/mol. The molecular formula is C3H6N2O. The number of nitrogens with two attached hydrogens (primary N) is 1. The van der Waals surface area contributed by atoms with Crippen molar-refractivity contribution in [2.24, 2.45) is 10.9 Å². The molecule has 0 aliphatic carbocycles. The van der Waals surface area contributed by atoms with Gasteiger partial charge in [-0.2, -0.15) is 5.10 Å². The Balaban J connectivity index is 2.34. The Hall–Kier alpha value is -0.570. The summed E-state index contributed by atoms with van der Waals surface area (Å²) < 4.78 is 4.71. The molecule has 0 radical (unpaired) electrons. The Bertz CT molecular complexity index is 72.9. The molecule has 1 aliphatic heterocycles. The SMILES string of the molecule is NN=C1COC1. The predicted octanol–water partition coefficient (Wildman–Crippen LogP) is -0.669. The minimum absolute atomic E-state index is 0.635. The fraction of sp³-hybridized carbons (Fsp3) is 0.667. The highest BCUT2D eigenvalue weighted by Crippen LogP contribution is 1.91. The molecule has 0 aromatic rings. The van der Waals surface area contributed by atoms with E-state index in [1.807, 2.05) is 0 Å². The Kier molecular flexibility index (Phi) is 0.759. The van der Waals surface area contributed by atoms with Crippen LogP contribution in [0.25, 0.3) is 0 Å². The van der Waals surface area contributed by atoms with Crippen molar-refractivity contribution < 1.29 is 4.74 Å². The Morgan fingerprint density at radius 3 is 2.33 bits per heavy atom. The third-order valence-corrected chi connectivity index (χ3v) is 0.720. The van der Waals surface area contributed by atoms with E-state index in [2.05, 4.69) is 5.10 Å². The molecule has 1 fully saturated rings. The van der Waals surface area contributed by atoms with Gasteiger partial charge in [-0.15, -0.1) is 0 Å². The van der Waals surface area contributed by atoms with Gasteiger partial charge in [0.2, 0.25) is 0 Å². The number of hydrogen-bond donors (Lipinski definition) is 1. The second kappa shape index (κ2) is 1.26. The standard InChI is InChI=1S/C3H6N2O/c4-5-3-1-6-2-3/h1-2,4H2. The van der Waals surface area contributed by atoms with E-state index in [0.717, 1.165) is 5.71 Å². The van der Waals surface area contributed by atoms with Gasteiger partial charge in [0.15, 0.2) is 0 Å². The van der Waals surface area contributed by atoms with E-state index >= 15 is 0 Å². The zero-order valence-corrected chi connectivity index (χ0v) is 3.35. The summed E-state index contributed by atoms with van der Waals surface area (Å²) in [5.74, 6) is 4.84. The van der Waals surface area contributed by atoms with Crippen molar-refractivity contribution in [3.63, 3.8) is 0 Å². The molecule has 6 heavy (non-hydrogen) atoms. The van der Waals surface area contributed by atoms with Crippen LogP contribution in [0.3, 0.4) is 0 Å². The largest absolute Gasteiger partial charge is 0.369 e. The first-order valence-corrected chi connectivity index (χ1v) is 1.77. The zero-order valence-electron chi connectivity index (χ0n) is 3.35. The first-order chi connectivity index (χ1) is 2.93. The van der Waals surface area contributed by atoms with E-state index < -0.39 is 0 Å². The number of nitrogens with zero attached hydrogens (tertiary/aromatic N) is 1. The summed E-state index contributed by atoms with van der Waals surface area (Å²) in [6, 6.07) is 0. The van der Waals surface area contributed by atoms with E-state index in [-0.39, 0.29) is 0 Å². The van der Waals surface area contributed by atoms with Crippen molar-refractivity contribution in [1.82, 2.24) is 0 Å². The van der Waals surface area contributed by atoms with Crippen LogP contribution in [0.15, 0.2) is 5.10 Å². The van der Waals surface area contributed by atoms with Crippen LogP contribution in [-0.4, -0.2) is 18.9 Å². The van der Waals surface area contributed by atoms with Crippen molar-refractivity contribution >= 4 is 5.71 Å². The summed E-state index contributed by atoms with van der Waals surface area (Å²) in [5, 5.41) is 3.39. The van der Waals surface area contributed by atoms with E-state index in [9.17, 15) is 0 Å². The lowest BCUT2D eigenvalue weighted by Gasteiger charge is -2.13. The first kappa shape index (κ1) is 3.61. The minimum atomic E-state index is 0.635. The molecule has 1 heterocycles. The zero-order chi connectivity index (χ0) is 4.41. The third-order valence-electron chi connectivity index (χ3n) is 0.720. The topological polar surface area (TPSA) is 47.6 Å². The van der Waals surface area contributed by atoms with Crippen LogP contribution in [0.4, 0.5) is 0 Å². The average Bonchev–Trinajstić information content (AvgIpc) is 1.31. The van der Waals surface area contributed by atoms with Crippen LogP contribution in [-0.2, 0) is 4.74 Å².